The highest BCUT2D eigenvalue weighted by molar-refractivity contribution is 6.31. The number of allylic oxidation sites excluding steroid dienone is 1. The Morgan fingerprint density at radius 1 is 1.30 bits per heavy atom. The molecule has 1 saturated heterocycles. The number of carbonyl (C=O) groups is 2. The van der Waals surface area contributed by atoms with Gasteiger partial charge in [-0.15, -0.1) is 0 Å². The molecule has 1 aliphatic rings. The van der Waals surface area contributed by atoms with Gasteiger partial charge in [0.15, 0.2) is 0 Å². The molecule has 2 rings (SSSR count). The van der Waals surface area contributed by atoms with E-state index in [1.165, 1.54) is 16.1 Å². The number of carbonyl (C=O) groups excluding carboxylic acids is 2. The number of rotatable bonds is 4. The van der Waals surface area contributed by atoms with E-state index in [4.69, 9.17) is 11.6 Å². The Kier molecular flexibility index (Phi) is 5.60. The maximum absolute atomic E-state index is 12.4. The highest BCUT2D eigenvalue weighted by Gasteiger charge is 2.28. The van der Waals surface area contributed by atoms with E-state index in [2.05, 4.69) is 5.10 Å². The van der Waals surface area contributed by atoms with Gasteiger partial charge >= 0.3 is 0 Å². The van der Waals surface area contributed by atoms with Crippen molar-refractivity contribution in [2.75, 3.05) is 13.1 Å². The summed E-state index contributed by atoms with van der Waals surface area (Å²) in [6, 6.07) is 0. The Morgan fingerprint density at radius 3 is 2.61 bits per heavy atom. The van der Waals surface area contributed by atoms with Gasteiger partial charge in [0.1, 0.15) is 5.15 Å². The van der Waals surface area contributed by atoms with Crippen LogP contribution in [0.2, 0.25) is 5.15 Å². The molecular weight excluding hydrogens is 316 g/mol. The van der Waals surface area contributed by atoms with Gasteiger partial charge in [0.2, 0.25) is 5.91 Å². The molecule has 1 aromatic heterocycles. The molecule has 0 N–H and O–H groups in total. The monoisotopic (exact) mass is 336 g/mol. The quantitative estimate of drug-likeness (QED) is 0.626. The summed E-state index contributed by atoms with van der Waals surface area (Å²) in [5, 5.41) is 7.69. The Bertz CT molecular complexity index is 663. The van der Waals surface area contributed by atoms with Crippen molar-refractivity contribution in [3.63, 3.8) is 0 Å². The summed E-state index contributed by atoms with van der Waals surface area (Å²) in [4.78, 5) is 24.5. The van der Waals surface area contributed by atoms with Gasteiger partial charge in [-0.2, -0.15) is 5.10 Å². The van der Waals surface area contributed by atoms with Crippen molar-refractivity contribution in [2.24, 2.45) is 7.05 Å². The van der Waals surface area contributed by atoms with Gasteiger partial charge in [-0.3, -0.25) is 19.3 Å². The van der Waals surface area contributed by atoms with Crippen LogP contribution in [0.15, 0.2) is 18.2 Å². The fourth-order valence-electron chi connectivity index (χ4n) is 2.50. The Hall–Kier alpha value is -2.08. The van der Waals surface area contributed by atoms with E-state index in [0.717, 1.165) is 12.1 Å². The molecule has 0 aromatic carbocycles. The third-order valence-corrected chi connectivity index (χ3v) is 4.14. The van der Waals surface area contributed by atoms with E-state index < -0.39 is 0 Å². The average molecular weight is 337 g/mol. The van der Waals surface area contributed by atoms with Gasteiger partial charge in [0.05, 0.1) is 5.69 Å². The molecule has 0 aliphatic carbocycles. The van der Waals surface area contributed by atoms with Crippen LogP contribution in [-0.4, -0.2) is 44.7 Å². The number of nitrogens with zero attached hydrogens (tertiary/aromatic N) is 4. The van der Waals surface area contributed by atoms with Crippen LogP contribution in [-0.2, 0) is 16.6 Å². The molecule has 0 radical (unpaired) electrons. The van der Waals surface area contributed by atoms with Crippen molar-refractivity contribution < 1.29 is 9.59 Å². The van der Waals surface area contributed by atoms with Crippen molar-refractivity contribution >= 4 is 29.5 Å². The molecule has 1 aromatic rings. The lowest BCUT2D eigenvalue weighted by molar-refractivity contribution is -0.154. The SMILES string of the molecule is CC=CCC(=O)N1CCCN1C(=O)C=Cc1c(C)nn(C)c1Cl. The summed E-state index contributed by atoms with van der Waals surface area (Å²) < 4.78 is 1.56. The number of hydrogen-bond acceptors (Lipinski definition) is 3. The molecule has 0 atom stereocenters. The highest BCUT2D eigenvalue weighted by atomic mass is 35.5. The first-order chi connectivity index (χ1) is 11.0. The van der Waals surface area contributed by atoms with Crippen LogP contribution < -0.4 is 0 Å². The van der Waals surface area contributed by atoms with Crippen molar-refractivity contribution in [1.82, 2.24) is 19.8 Å². The minimum atomic E-state index is -0.226. The fraction of sp³-hybridized carbons (Fsp3) is 0.438. The molecule has 0 bridgehead atoms. The van der Waals surface area contributed by atoms with Crippen LogP contribution in [0.4, 0.5) is 0 Å². The fourth-order valence-corrected chi connectivity index (χ4v) is 2.74. The van der Waals surface area contributed by atoms with E-state index in [-0.39, 0.29) is 11.8 Å². The van der Waals surface area contributed by atoms with Crippen LogP contribution >= 0.6 is 11.6 Å². The lowest BCUT2D eigenvalue weighted by Gasteiger charge is -2.26. The molecule has 1 fully saturated rings. The summed E-state index contributed by atoms with van der Waals surface area (Å²) in [6.45, 7) is 4.81. The zero-order valence-corrected chi connectivity index (χ0v) is 14.4. The highest BCUT2D eigenvalue weighted by Crippen LogP contribution is 2.20. The minimum absolute atomic E-state index is 0.0714. The van der Waals surface area contributed by atoms with Crippen molar-refractivity contribution in [2.45, 2.75) is 26.7 Å². The van der Waals surface area contributed by atoms with E-state index in [0.29, 0.717) is 30.2 Å². The Morgan fingerprint density at radius 2 is 2.00 bits per heavy atom. The van der Waals surface area contributed by atoms with Gasteiger partial charge in [0.25, 0.3) is 5.91 Å². The van der Waals surface area contributed by atoms with Crippen molar-refractivity contribution in [3.8, 4) is 0 Å². The Labute approximate surface area is 141 Å². The lowest BCUT2D eigenvalue weighted by Crippen LogP contribution is -2.43. The molecule has 7 heteroatoms. The standard InChI is InChI=1S/C16H21ClN4O2/c1-4-5-7-14(22)20-10-6-11-21(20)15(23)9-8-13-12(2)18-19(3)16(13)17/h4-5,8-9H,6-7,10-11H2,1-3H3. The molecule has 2 amide bonds. The first kappa shape index (κ1) is 17.3. The third kappa shape index (κ3) is 3.82. The van der Waals surface area contributed by atoms with Crippen molar-refractivity contribution in [3.05, 3.63) is 34.6 Å². The molecule has 124 valence electrons. The van der Waals surface area contributed by atoms with Gasteiger partial charge in [-0.25, -0.2) is 5.01 Å². The van der Waals surface area contributed by atoms with Crippen LogP contribution in [0.5, 0.6) is 0 Å². The maximum Gasteiger partial charge on any atom is 0.265 e. The summed E-state index contributed by atoms with van der Waals surface area (Å²) in [6.07, 6.45) is 7.80. The second-order valence-corrected chi connectivity index (χ2v) is 5.71. The topological polar surface area (TPSA) is 58.4 Å². The third-order valence-electron chi connectivity index (χ3n) is 3.69. The van der Waals surface area contributed by atoms with E-state index in [1.807, 2.05) is 19.9 Å². The predicted molar refractivity (Wildman–Crippen MR) is 89.5 cm³/mol. The summed E-state index contributed by atoms with van der Waals surface area (Å²) in [5.41, 5.74) is 1.47. The van der Waals surface area contributed by atoms with Crippen LogP contribution in [0.3, 0.4) is 0 Å². The Balaban J connectivity index is 2.10. The molecule has 0 unspecified atom stereocenters. The van der Waals surface area contributed by atoms with Crippen LogP contribution in [0, 0.1) is 6.92 Å². The van der Waals surface area contributed by atoms with E-state index in [9.17, 15) is 9.59 Å². The number of aromatic nitrogens is 2. The van der Waals surface area contributed by atoms with E-state index in [1.54, 1.807) is 23.9 Å². The normalized spacial score (nSPS) is 15.3. The number of halogens is 1. The number of hydrazine groups is 1. The minimum Gasteiger partial charge on any atom is -0.273 e. The summed E-state index contributed by atoms with van der Waals surface area (Å²) in [7, 11) is 1.75. The van der Waals surface area contributed by atoms with Gasteiger partial charge in [-0.05, 0) is 26.3 Å². The predicted octanol–water partition coefficient (Wildman–Crippen LogP) is 2.34. The average Bonchev–Trinajstić information content (AvgIpc) is 3.09. The smallest absolute Gasteiger partial charge is 0.265 e. The lowest BCUT2D eigenvalue weighted by atomic mass is 10.2. The second-order valence-electron chi connectivity index (χ2n) is 5.35. The van der Waals surface area contributed by atoms with Crippen LogP contribution in [0.25, 0.3) is 6.08 Å². The molecular formula is C16H21ClN4O2. The largest absolute Gasteiger partial charge is 0.273 e. The second kappa shape index (κ2) is 7.46. The summed E-state index contributed by atoms with van der Waals surface area (Å²) in [5.74, 6) is -0.298. The van der Waals surface area contributed by atoms with Gasteiger partial charge in [0, 0.05) is 38.2 Å². The first-order valence-electron chi connectivity index (χ1n) is 7.55. The van der Waals surface area contributed by atoms with Crippen molar-refractivity contribution in [1.29, 1.82) is 0 Å². The molecule has 2 heterocycles. The van der Waals surface area contributed by atoms with Gasteiger partial charge in [-0.1, -0.05) is 23.8 Å². The summed E-state index contributed by atoms with van der Waals surface area (Å²) >= 11 is 6.15. The zero-order chi connectivity index (χ0) is 17.0. The van der Waals surface area contributed by atoms with Gasteiger partial charge < -0.3 is 0 Å². The van der Waals surface area contributed by atoms with Crippen LogP contribution in [0.1, 0.15) is 31.0 Å². The number of aryl methyl sites for hydroxylation is 2. The number of hydrogen-bond donors (Lipinski definition) is 0. The number of amides is 2. The van der Waals surface area contributed by atoms with E-state index >= 15 is 0 Å². The molecule has 23 heavy (non-hydrogen) atoms. The first-order valence-corrected chi connectivity index (χ1v) is 7.93. The molecule has 6 nitrogen and oxygen atoms in total. The zero-order valence-electron chi connectivity index (χ0n) is 13.6. The molecule has 0 spiro atoms. The maximum atomic E-state index is 12.4. The molecule has 1 aliphatic heterocycles. The molecule has 0 saturated carbocycles.